The molecule has 6 heteroatoms. The van der Waals surface area contributed by atoms with Gasteiger partial charge in [0.15, 0.2) is 0 Å². The summed E-state index contributed by atoms with van der Waals surface area (Å²) >= 11 is 6.04. The van der Waals surface area contributed by atoms with E-state index in [0.29, 0.717) is 24.7 Å². The molecular formula is C16H19ClN2O2S. The smallest absolute Gasteiger partial charge is 0.213 e. The molecule has 0 radical (unpaired) electrons. The molecule has 0 bridgehead atoms. The van der Waals surface area contributed by atoms with Gasteiger partial charge in [0.05, 0.1) is 5.75 Å². The van der Waals surface area contributed by atoms with Gasteiger partial charge in [-0.2, -0.15) is 0 Å². The first-order valence-corrected chi connectivity index (χ1v) is 9.05. The molecule has 0 atom stereocenters. The van der Waals surface area contributed by atoms with E-state index in [4.69, 9.17) is 11.6 Å². The maximum atomic E-state index is 11.9. The van der Waals surface area contributed by atoms with Crippen LogP contribution in [-0.4, -0.2) is 20.7 Å². The molecular weight excluding hydrogens is 320 g/mol. The third kappa shape index (κ3) is 5.77. The number of rotatable bonds is 8. The van der Waals surface area contributed by atoms with Crippen LogP contribution in [0.1, 0.15) is 11.1 Å². The van der Waals surface area contributed by atoms with Crippen molar-refractivity contribution in [1.82, 2.24) is 10.0 Å². The minimum Gasteiger partial charge on any atom is -0.312 e. The van der Waals surface area contributed by atoms with Crippen LogP contribution in [0.25, 0.3) is 0 Å². The first kappa shape index (κ1) is 17.0. The number of hydrogen-bond donors (Lipinski definition) is 2. The number of nitrogens with one attached hydrogen (secondary N) is 2. The van der Waals surface area contributed by atoms with Gasteiger partial charge in [-0.15, -0.1) is 0 Å². The Morgan fingerprint density at radius 3 is 2.32 bits per heavy atom. The SMILES string of the molecule is O=S(=O)(CCNCc1ccccc1Cl)NCc1ccccc1. The number of sulfonamides is 1. The maximum absolute atomic E-state index is 11.9. The fraction of sp³-hybridized carbons (Fsp3) is 0.250. The standard InChI is InChI=1S/C16H19ClN2O2S/c17-16-9-5-4-8-15(16)13-18-10-11-22(20,21)19-12-14-6-2-1-3-7-14/h1-9,18-19H,10-13H2. The van der Waals surface area contributed by atoms with E-state index in [1.165, 1.54) is 0 Å². The fourth-order valence-electron chi connectivity index (χ4n) is 1.93. The molecule has 0 spiro atoms. The molecule has 0 aliphatic rings. The molecule has 2 rings (SSSR count). The highest BCUT2D eigenvalue weighted by Crippen LogP contribution is 2.14. The van der Waals surface area contributed by atoms with Crippen LogP contribution >= 0.6 is 11.6 Å². The zero-order chi connectivity index (χ0) is 15.8. The zero-order valence-corrected chi connectivity index (χ0v) is 13.7. The lowest BCUT2D eigenvalue weighted by atomic mass is 10.2. The van der Waals surface area contributed by atoms with Crippen molar-refractivity contribution in [2.75, 3.05) is 12.3 Å². The highest BCUT2D eigenvalue weighted by Gasteiger charge is 2.09. The molecule has 4 nitrogen and oxygen atoms in total. The summed E-state index contributed by atoms with van der Waals surface area (Å²) in [6, 6.07) is 16.9. The average Bonchev–Trinajstić information content (AvgIpc) is 2.52. The highest BCUT2D eigenvalue weighted by molar-refractivity contribution is 7.89. The van der Waals surface area contributed by atoms with Crippen LogP contribution < -0.4 is 10.0 Å². The van der Waals surface area contributed by atoms with Crippen molar-refractivity contribution >= 4 is 21.6 Å². The second-order valence-corrected chi connectivity index (χ2v) is 7.23. The van der Waals surface area contributed by atoms with Gasteiger partial charge in [-0.25, -0.2) is 13.1 Å². The molecule has 2 aromatic rings. The zero-order valence-electron chi connectivity index (χ0n) is 12.1. The molecule has 0 aromatic heterocycles. The summed E-state index contributed by atoms with van der Waals surface area (Å²) in [5, 5.41) is 3.77. The highest BCUT2D eigenvalue weighted by atomic mass is 35.5. The third-order valence-corrected chi connectivity index (χ3v) is 4.85. The summed E-state index contributed by atoms with van der Waals surface area (Å²) in [4.78, 5) is 0. The van der Waals surface area contributed by atoms with Crippen LogP contribution in [0.15, 0.2) is 54.6 Å². The van der Waals surface area contributed by atoms with E-state index in [0.717, 1.165) is 11.1 Å². The van der Waals surface area contributed by atoms with E-state index in [-0.39, 0.29) is 5.75 Å². The summed E-state index contributed by atoms with van der Waals surface area (Å²) in [5.41, 5.74) is 1.90. The monoisotopic (exact) mass is 338 g/mol. The summed E-state index contributed by atoms with van der Waals surface area (Å²) in [7, 11) is -3.29. The Balaban J connectivity index is 1.72. The van der Waals surface area contributed by atoms with Crippen molar-refractivity contribution in [2.45, 2.75) is 13.1 Å². The van der Waals surface area contributed by atoms with Gasteiger partial charge in [-0.1, -0.05) is 60.1 Å². The van der Waals surface area contributed by atoms with E-state index in [1.54, 1.807) is 0 Å². The van der Waals surface area contributed by atoms with Crippen molar-refractivity contribution in [1.29, 1.82) is 0 Å². The molecule has 0 heterocycles. The number of hydrogen-bond acceptors (Lipinski definition) is 3. The molecule has 0 aliphatic heterocycles. The number of halogens is 1. The van der Waals surface area contributed by atoms with Crippen LogP contribution in [0.5, 0.6) is 0 Å². The second-order valence-electron chi connectivity index (χ2n) is 4.89. The molecule has 0 aliphatic carbocycles. The Kier molecular flexibility index (Phi) is 6.39. The van der Waals surface area contributed by atoms with Gasteiger partial charge >= 0.3 is 0 Å². The maximum Gasteiger partial charge on any atom is 0.213 e. The first-order chi connectivity index (χ1) is 10.6. The van der Waals surface area contributed by atoms with Crippen LogP contribution in [0, 0.1) is 0 Å². The van der Waals surface area contributed by atoms with Gasteiger partial charge in [0.25, 0.3) is 0 Å². The van der Waals surface area contributed by atoms with Gasteiger partial charge in [0, 0.05) is 24.7 Å². The lowest BCUT2D eigenvalue weighted by molar-refractivity contribution is 0.576. The van der Waals surface area contributed by atoms with Crippen molar-refractivity contribution in [3.8, 4) is 0 Å². The minimum absolute atomic E-state index is 0.0320. The van der Waals surface area contributed by atoms with E-state index < -0.39 is 10.0 Å². The van der Waals surface area contributed by atoms with E-state index >= 15 is 0 Å². The predicted molar refractivity (Wildman–Crippen MR) is 90.2 cm³/mol. The summed E-state index contributed by atoms with van der Waals surface area (Å²) in [6.07, 6.45) is 0. The molecule has 2 N–H and O–H groups in total. The van der Waals surface area contributed by atoms with Crippen LogP contribution in [0.3, 0.4) is 0 Å². The molecule has 0 saturated heterocycles. The topological polar surface area (TPSA) is 58.2 Å². The van der Waals surface area contributed by atoms with Crippen molar-refractivity contribution in [3.63, 3.8) is 0 Å². The lowest BCUT2D eigenvalue weighted by Crippen LogP contribution is -2.31. The van der Waals surface area contributed by atoms with Crippen LogP contribution in [0.2, 0.25) is 5.02 Å². The van der Waals surface area contributed by atoms with Crippen molar-refractivity contribution < 1.29 is 8.42 Å². The Bertz CT molecular complexity index is 690. The normalized spacial score (nSPS) is 11.5. The van der Waals surface area contributed by atoms with E-state index in [9.17, 15) is 8.42 Å². The Labute approximate surface area is 136 Å². The Hall–Kier alpha value is -1.40. The first-order valence-electron chi connectivity index (χ1n) is 7.02. The summed E-state index contributed by atoms with van der Waals surface area (Å²) < 4.78 is 26.4. The van der Waals surface area contributed by atoms with Gasteiger partial charge in [0.1, 0.15) is 0 Å². The predicted octanol–water partition coefficient (Wildman–Crippen LogP) is 2.55. The number of benzene rings is 2. The molecule has 0 amide bonds. The lowest BCUT2D eigenvalue weighted by Gasteiger charge is -2.09. The van der Waals surface area contributed by atoms with Crippen LogP contribution in [-0.2, 0) is 23.1 Å². The summed E-state index contributed by atoms with van der Waals surface area (Å²) in [5.74, 6) is 0.0320. The van der Waals surface area contributed by atoms with Crippen molar-refractivity contribution in [2.24, 2.45) is 0 Å². The molecule has 2 aromatic carbocycles. The van der Waals surface area contributed by atoms with Crippen molar-refractivity contribution in [3.05, 3.63) is 70.7 Å². The Morgan fingerprint density at radius 2 is 1.59 bits per heavy atom. The molecule has 0 unspecified atom stereocenters. The summed E-state index contributed by atoms with van der Waals surface area (Å²) in [6.45, 7) is 1.23. The van der Waals surface area contributed by atoms with E-state index in [2.05, 4.69) is 10.0 Å². The molecule has 22 heavy (non-hydrogen) atoms. The van der Waals surface area contributed by atoms with Gasteiger partial charge < -0.3 is 5.32 Å². The van der Waals surface area contributed by atoms with Gasteiger partial charge in [-0.3, -0.25) is 0 Å². The largest absolute Gasteiger partial charge is 0.312 e. The second kappa shape index (κ2) is 8.29. The van der Waals surface area contributed by atoms with Gasteiger partial charge in [-0.05, 0) is 17.2 Å². The minimum atomic E-state index is -3.29. The average molecular weight is 339 g/mol. The van der Waals surface area contributed by atoms with Crippen LogP contribution in [0.4, 0.5) is 0 Å². The molecule has 118 valence electrons. The molecule has 0 saturated carbocycles. The third-order valence-electron chi connectivity index (χ3n) is 3.16. The van der Waals surface area contributed by atoms with E-state index in [1.807, 2.05) is 54.6 Å². The van der Waals surface area contributed by atoms with Gasteiger partial charge in [0.2, 0.25) is 10.0 Å². The quantitative estimate of drug-likeness (QED) is 0.727. The molecule has 0 fully saturated rings. The fourth-order valence-corrected chi connectivity index (χ4v) is 3.08. The Morgan fingerprint density at radius 1 is 0.909 bits per heavy atom.